The first kappa shape index (κ1) is 52.9. The van der Waals surface area contributed by atoms with Gasteiger partial charge >= 0.3 is 0 Å². The van der Waals surface area contributed by atoms with Gasteiger partial charge in [-0.3, -0.25) is 0 Å². The van der Waals surface area contributed by atoms with E-state index >= 15 is 0 Å². The molecule has 0 amide bonds. The van der Waals surface area contributed by atoms with E-state index < -0.39 is 12.2 Å². The lowest BCUT2D eigenvalue weighted by molar-refractivity contribution is 0.140. The average Bonchev–Trinajstić information content (AvgIpc) is 3.13. The van der Waals surface area contributed by atoms with Gasteiger partial charge in [-0.25, -0.2) is 0 Å². The molecule has 0 aliphatic heterocycles. The van der Waals surface area contributed by atoms with Gasteiger partial charge in [0.05, 0.1) is 6.10 Å². The van der Waals surface area contributed by atoms with E-state index in [0.29, 0.717) is 36.3 Å². The van der Waals surface area contributed by atoms with Gasteiger partial charge in [0.1, 0.15) is 12.2 Å². The number of anilines is 3. The van der Waals surface area contributed by atoms with Crippen molar-refractivity contribution in [2.45, 2.75) is 132 Å². The van der Waals surface area contributed by atoms with Gasteiger partial charge in [-0.1, -0.05) is 104 Å². The Morgan fingerprint density at radius 1 is 0.630 bits per heavy atom. The van der Waals surface area contributed by atoms with Gasteiger partial charge in [-0.15, -0.1) is 6.42 Å². The number of halogens is 1. The Hall–Kier alpha value is -3.25. The van der Waals surface area contributed by atoms with Crippen molar-refractivity contribution in [2.24, 2.45) is 17.8 Å². The highest BCUT2D eigenvalue weighted by Gasteiger charge is 2.09. The third kappa shape index (κ3) is 25.7. The molecule has 0 aromatic heterocycles. The number of rotatable bonds is 12. The zero-order valence-electron chi connectivity index (χ0n) is 34.8. The topological polar surface area (TPSA) is 159 Å². The fraction of sp³-hybridized carbons (Fsp3) is 0.522. The SMILES string of the molecule is C#CC(O)CC(C)C.CCc1ccc(N)c(C#CC(O)CC(C)C)c1.CCc1ccc(N)c(CCC(O)CC(C)C)c1.CCc1ccc(N)c(I)c1.CO. The Bertz CT molecular complexity index is 1540. The molecule has 3 unspecified atom stereocenters. The van der Waals surface area contributed by atoms with Crippen molar-refractivity contribution < 1.29 is 20.4 Å². The number of hydrogen-bond donors (Lipinski definition) is 7. The third-order valence-corrected chi connectivity index (χ3v) is 8.99. The summed E-state index contributed by atoms with van der Waals surface area (Å²) in [4.78, 5) is 0. The van der Waals surface area contributed by atoms with E-state index in [4.69, 9.17) is 33.8 Å². The zero-order valence-corrected chi connectivity index (χ0v) is 37.0. The van der Waals surface area contributed by atoms with E-state index in [2.05, 4.69) is 113 Å². The van der Waals surface area contributed by atoms with Crippen LogP contribution in [0, 0.1) is 45.5 Å². The molecular formula is C46H72IN3O4. The summed E-state index contributed by atoms with van der Waals surface area (Å²) in [5.41, 5.74) is 25.7. The van der Waals surface area contributed by atoms with Crippen LogP contribution >= 0.6 is 22.6 Å². The summed E-state index contributed by atoms with van der Waals surface area (Å²) in [7, 11) is 1.00. The molecule has 0 radical (unpaired) electrons. The lowest BCUT2D eigenvalue weighted by atomic mass is 9.97. The minimum atomic E-state index is -0.570. The molecule has 0 spiro atoms. The molecule has 7 nitrogen and oxygen atoms in total. The van der Waals surface area contributed by atoms with Gasteiger partial charge in [0, 0.05) is 33.3 Å². The molecule has 54 heavy (non-hydrogen) atoms. The second-order valence-electron chi connectivity index (χ2n) is 14.4. The smallest absolute Gasteiger partial charge is 0.115 e. The highest BCUT2D eigenvalue weighted by Crippen LogP contribution is 2.19. The molecule has 10 N–H and O–H groups in total. The van der Waals surface area contributed by atoms with Crippen LogP contribution in [0.25, 0.3) is 0 Å². The largest absolute Gasteiger partial charge is 0.400 e. The van der Waals surface area contributed by atoms with Gasteiger partial charge in [-0.2, -0.15) is 0 Å². The molecule has 0 fully saturated rings. The Morgan fingerprint density at radius 2 is 1.07 bits per heavy atom. The standard InChI is InChI=1S/C15H25NO.C15H21NO.C8H10IN.C7H12O.CH4O/c2*1-4-12-5-8-15(16)13(10-12)6-7-14(17)9-11(2)3;1-2-6-3-4-8(10)7(9)5-6;1-4-7(8)5-6(2)3;1-2/h5,8,10-11,14,17H,4,6-7,9,16H2,1-3H3;5,8,10-11,14,17H,4,9,16H2,1-3H3;3-5H,2,10H2,1H3;1,6-8H,5H2,2-3H3;2H,1H3. The molecule has 3 aromatic carbocycles. The van der Waals surface area contributed by atoms with E-state index in [1.54, 1.807) is 0 Å². The molecule has 3 aromatic rings. The number of nitrogens with two attached hydrogens (primary N) is 3. The maximum Gasteiger partial charge on any atom is 0.115 e. The molecule has 0 saturated heterocycles. The molecule has 0 bridgehead atoms. The van der Waals surface area contributed by atoms with E-state index in [1.807, 2.05) is 44.2 Å². The van der Waals surface area contributed by atoms with Gasteiger partial charge in [0.15, 0.2) is 0 Å². The van der Waals surface area contributed by atoms with Crippen molar-refractivity contribution in [3.05, 3.63) is 86.0 Å². The summed E-state index contributed by atoms with van der Waals surface area (Å²) in [6.07, 6.45) is 10.6. The number of terminal acetylenes is 1. The Balaban J connectivity index is 0. The summed E-state index contributed by atoms with van der Waals surface area (Å²) in [6.45, 7) is 18.8. The fourth-order valence-electron chi connectivity index (χ4n) is 4.98. The summed E-state index contributed by atoms with van der Waals surface area (Å²) < 4.78 is 1.15. The third-order valence-electron chi connectivity index (χ3n) is 8.06. The number of aliphatic hydroxyl groups is 4. The summed E-state index contributed by atoms with van der Waals surface area (Å²) in [5, 5.41) is 35.3. The Morgan fingerprint density at radius 3 is 1.52 bits per heavy atom. The molecule has 0 aliphatic carbocycles. The van der Waals surface area contributed by atoms with Crippen LogP contribution in [-0.2, 0) is 25.7 Å². The van der Waals surface area contributed by atoms with Crippen LogP contribution in [0.4, 0.5) is 17.1 Å². The summed E-state index contributed by atoms with van der Waals surface area (Å²) in [6, 6.07) is 18.2. The number of aliphatic hydroxyl groups excluding tert-OH is 4. The predicted molar refractivity (Wildman–Crippen MR) is 242 cm³/mol. The van der Waals surface area contributed by atoms with Crippen LogP contribution in [0.5, 0.6) is 0 Å². The second-order valence-corrected chi connectivity index (χ2v) is 15.6. The first-order chi connectivity index (χ1) is 25.4. The minimum Gasteiger partial charge on any atom is -0.400 e. The molecule has 3 atom stereocenters. The van der Waals surface area contributed by atoms with Crippen LogP contribution in [0.3, 0.4) is 0 Å². The van der Waals surface area contributed by atoms with Crippen molar-refractivity contribution in [3.63, 3.8) is 0 Å². The quantitative estimate of drug-likeness (QED) is 0.0545. The van der Waals surface area contributed by atoms with E-state index in [1.165, 1.54) is 22.3 Å². The van der Waals surface area contributed by atoms with E-state index in [0.717, 1.165) is 66.1 Å². The van der Waals surface area contributed by atoms with Gasteiger partial charge < -0.3 is 37.6 Å². The lowest BCUT2D eigenvalue weighted by Crippen LogP contribution is -2.11. The van der Waals surface area contributed by atoms with Crippen molar-refractivity contribution in [3.8, 4) is 24.2 Å². The van der Waals surface area contributed by atoms with Crippen LogP contribution in [0.2, 0.25) is 0 Å². The number of aryl methyl sites for hydroxylation is 4. The van der Waals surface area contributed by atoms with Gasteiger partial charge in [-0.05, 0) is 144 Å². The van der Waals surface area contributed by atoms with E-state index in [9.17, 15) is 10.2 Å². The Labute approximate surface area is 342 Å². The zero-order chi connectivity index (χ0) is 41.8. The van der Waals surface area contributed by atoms with Crippen LogP contribution in [0.15, 0.2) is 54.6 Å². The first-order valence-corrected chi connectivity index (χ1v) is 20.3. The first-order valence-electron chi connectivity index (χ1n) is 19.2. The normalized spacial score (nSPS) is 11.8. The number of hydrogen-bond acceptors (Lipinski definition) is 7. The number of nitrogen functional groups attached to an aromatic ring is 3. The van der Waals surface area contributed by atoms with Crippen LogP contribution < -0.4 is 17.2 Å². The second kappa shape index (κ2) is 31.0. The van der Waals surface area contributed by atoms with Crippen molar-refractivity contribution in [2.75, 3.05) is 24.3 Å². The fourth-order valence-corrected chi connectivity index (χ4v) is 5.56. The van der Waals surface area contributed by atoms with Gasteiger partial charge in [0.2, 0.25) is 0 Å². The molecule has 3 rings (SSSR count). The lowest BCUT2D eigenvalue weighted by Gasteiger charge is -2.14. The number of benzene rings is 3. The molecule has 8 heteroatoms. The highest BCUT2D eigenvalue weighted by molar-refractivity contribution is 14.1. The average molecular weight is 858 g/mol. The molecule has 0 saturated carbocycles. The summed E-state index contributed by atoms with van der Waals surface area (Å²) in [5.74, 6) is 9.54. The van der Waals surface area contributed by atoms with E-state index in [-0.39, 0.29) is 6.10 Å². The molecule has 0 heterocycles. The van der Waals surface area contributed by atoms with Crippen molar-refractivity contribution >= 4 is 39.7 Å². The molecule has 302 valence electrons. The van der Waals surface area contributed by atoms with Crippen molar-refractivity contribution in [1.29, 1.82) is 0 Å². The maximum atomic E-state index is 9.86. The van der Waals surface area contributed by atoms with Crippen LogP contribution in [0.1, 0.15) is 116 Å². The highest BCUT2D eigenvalue weighted by atomic mass is 127. The predicted octanol–water partition coefficient (Wildman–Crippen LogP) is 8.83. The van der Waals surface area contributed by atoms with Crippen molar-refractivity contribution in [1.82, 2.24) is 0 Å². The summed E-state index contributed by atoms with van der Waals surface area (Å²) >= 11 is 2.25. The monoisotopic (exact) mass is 857 g/mol. The maximum absolute atomic E-state index is 9.86. The van der Waals surface area contributed by atoms with Gasteiger partial charge in [0.25, 0.3) is 0 Å². The molecular weight excluding hydrogens is 785 g/mol. The Kier molecular flexibility index (Phi) is 30.3. The molecule has 0 aliphatic rings. The van der Waals surface area contributed by atoms with Crippen LogP contribution in [-0.4, -0.2) is 45.8 Å². The minimum absolute atomic E-state index is 0.209.